The first-order chi connectivity index (χ1) is 10.6. The molecule has 0 aliphatic carbocycles. The van der Waals surface area contributed by atoms with Crippen molar-refractivity contribution in [2.45, 2.75) is 6.18 Å². The summed E-state index contributed by atoms with van der Waals surface area (Å²) in [5.41, 5.74) is -0.676. The number of nitro groups is 1. The SMILES string of the molecule is N#Cc1ccc(N2C[C@@H](C(F)(F)F)[C@H](C(=O)O)C2)c([N+](=O)[O-])c1. The summed E-state index contributed by atoms with van der Waals surface area (Å²) in [7, 11) is 0. The topological polar surface area (TPSA) is 107 Å². The molecule has 122 valence electrons. The number of anilines is 1. The van der Waals surface area contributed by atoms with Gasteiger partial charge in [-0.15, -0.1) is 0 Å². The van der Waals surface area contributed by atoms with Crippen LogP contribution in [0.1, 0.15) is 5.56 Å². The van der Waals surface area contributed by atoms with E-state index in [-0.39, 0.29) is 11.3 Å². The van der Waals surface area contributed by atoms with E-state index in [1.54, 1.807) is 6.07 Å². The molecule has 2 rings (SSSR count). The van der Waals surface area contributed by atoms with Crippen molar-refractivity contribution in [3.63, 3.8) is 0 Å². The molecule has 0 spiro atoms. The lowest BCUT2D eigenvalue weighted by atomic mass is 9.96. The zero-order chi connectivity index (χ0) is 17.4. The highest BCUT2D eigenvalue weighted by atomic mass is 19.4. The van der Waals surface area contributed by atoms with Crippen molar-refractivity contribution in [1.29, 1.82) is 5.26 Å². The molecule has 0 unspecified atom stereocenters. The molecular weight excluding hydrogens is 319 g/mol. The minimum atomic E-state index is -4.72. The number of carboxylic acid groups (broad SMARTS) is 1. The molecule has 23 heavy (non-hydrogen) atoms. The van der Waals surface area contributed by atoms with E-state index in [1.165, 1.54) is 6.07 Å². The van der Waals surface area contributed by atoms with E-state index in [9.17, 15) is 28.1 Å². The van der Waals surface area contributed by atoms with Crippen molar-refractivity contribution in [1.82, 2.24) is 0 Å². The number of alkyl halides is 3. The van der Waals surface area contributed by atoms with Crippen LogP contribution < -0.4 is 4.90 Å². The Morgan fingerprint density at radius 2 is 2.09 bits per heavy atom. The van der Waals surface area contributed by atoms with E-state index in [2.05, 4.69) is 0 Å². The Balaban J connectivity index is 2.42. The largest absolute Gasteiger partial charge is 0.481 e. The minimum Gasteiger partial charge on any atom is -0.481 e. The molecule has 1 fully saturated rings. The van der Waals surface area contributed by atoms with Gasteiger partial charge in [0.1, 0.15) is 5.69 Å². The second kappa shape index (κ2) is 5.75. The molecule has 2 atom stereocenters. The highest BCUT2D eigenvalue weighted by Gasteiger charge is 2.53. The quantitative estimate of drug-likeness (QED) is 0.672. The summed E-state index contributed by atoms with van der Waals surface area (Å²) in [6, 6.07) is 5.05. The molecule has 0 saturated carbocycles. The summed E-state index contributed by atoms with van der Waals surface area (Å²) in [5, 5.41) is 28.8. The molecule has 0 bridgehead atoms. The lowest BCUT2D eigenvalue weighted by Gasteiger charge is -2.19. The molecule has 7 nitrogen and oxygen atoms in total. The summed E-state index contributed by atoms with van der Waals surface area (Å²) in [6.07, 6.45) is -4.72. The van der Waals surface area contributed by atoms with Crippen LogP contribution in [0.4, 0.5) is 24.5 Å². The summed E-state index contributed by atoms with van der Waals surface area (Å²) in [4.78, 5) is 22.3. The number of hydrogen-bond donors (Lipinski definition) is 1. The first kappa shape index (κ1) is 16.5. The van der Waals surface area contributed by atoms with Gasteiger partial charge < -0.3 is 10.0 Å². The van der Waals surface area contributed by atoms with E-state index < -0.39 is 47.7 Å². The van der Waals surface area contributed by atoms with Gasteiger partial charge in [-0.3, -0.25) is 14.9 Å². The molecule has 1 aliphatic rings. The number of benzene rings is 1. The predicted molar refractivity (Wildman–Crippen MR) is 70.7 cm³/mol. The zero-order valence-corrected chi connectivity index (χ0v) is 11.4. The number of nitro benzene ring substituents is 1. The normalized spacial score (nSPS) is 21.0. The maximum atomic E-state index is 13.0. The number of carboxylic acids is 1. The maximum absolute atomic E-state index is 13.0. The second-order valence-corrected chi connectivity index (χ2v) is 5.07. The van der Waals surface area contributed by atoms with Gasteiger partial charge >= 0.3 is 12.1 Å². The molecular formula is C13H10F3N3O4. The Labute approximate surface area is 127 Å². The van der Waals surface area contributed by atoms with Gasteiger partial charge in [0.05, 0.1) is 28.4 Å². The maximum Gasteiger partial charge on any atom is 0.394 e. The van der Waals surface area contributed by atoms with Crippen LogP contribution in [0.25, 0.3) is 0 Å². The van der Waals surface area contributed by atoms with Crippen LogP contribution in [0.3, 0.4) is 0 Å². The molecule has 10 heteroatoms. The Kier molecular flexibility index (Phi) is 4.14. The lowest BCUT2D eigenvalue weighted by molar-refractivity contribution is -0.384. The van der Waals surface area contributed by atoms with E-state index in [1.807, 2.05) is 0 Å². The van der Waals surface area contributed by atoms with E-state index in [4.69, 9.17) is 10.4 Å². The number of rotatable bonds is 3. The van der Waals surface area contributed by atoms with Crippen molar-refractivity contribution < 1.29 is 28.0 Å². The number of hydrogen-bond acceptors (Lipinski definition) is 5. The van der Waals surface area contributed by atoms with Crippen LogP contribution in [0.15, 0.2) is 18.2 Å². The molecule has 0 radical (unpaired) electrons. The van der Waals surface area contributed by atoms with E-state index in [0.717, 1.165) is 17.0 Å². The van der Waals surface area contributed by atoms with Crippen molar-refractivity contribution in [3.05, 3.63) is 33.9 Å². The number of aliphatic carboxylic acids is 1. The van der Waals surface area contributed by atoms with Crippen LogP contribution in [0.2, 0.25) is 0 Å². The first-order valence-electron chi connectivity index (χ1n) is 6.38. The van der Waals surface area contributed by atoms with Crippen LogP contribution in [0.5, 0.6) is 0 Å². The fourth-order valence-corrected chi connectivity index (χ4v) is 2.59. The van der Waals surface area contributed by atoms with Crippen LogP contribution >= 0.6 is 0 Å². The Morgan fingerprint density at radius 3 is 2.52 bits per heavy atom. The number of nitrogens with zero attached hydrogens (tertiary/aromatic N) is 3. The smallest absolute Gasteiger partial charge is 0.394 e. The van der Waals surface area contributed by atoms with Gasteiger partial charge in [0.2, 0.25) is 0 Å². The summed E-state index contributed by atoms with van der Waals surface area (Å²) in [5.74, 6) is -5.42. The Hall–Kier alpha value is -2.83. The standard InChI is InChI=1S/C13H10F3N3O4/c14-13(15,16)9-6-18(5-8(9)12(20)21)10-2-1-7(4-17)3-11(10)19(22)23/h1-3,8-9H,5-6H2,(H,20,21)/t8-,9-/m1/s1. The highest BCUT2D eigenvalue weighted by molar-refractivity contribution is 5.74. The third-order valence-corrected chi connectivity index (χ3v) is 3.70. The fourth-order valence-electron chi connectivity index (χ4n) is 2.59. The summed E-state index contributed by atoms with van der Waals surface area (Å²) in [6.45, 7) is -1.18. The Morgan fingerprint density at radius 1 is 1.43 bits per heavy atom. The van der Waals surface area contributed by atoms with E-state index in [0.29, 0.717) is 0 Å². The predicted octanol–water partition coefficient (Wildman–Crippen LogP) is 2.17. The van der Waals surface area contributed by atoms with Gasteiger partial charge in [0, 0.05) is 19.2 Å². The second-order valence-electron chi connectivity index (χ2n) is 5.07. The van der Waals surface area contributed by atoms with Gasteiger partial charge in [0.25, 0.3) is 5.69 Å². The number of halogens is 3. The third-order valence-electron chi connectivity index (χ3n) is 3.70. The van der Waals surface area contributed by atoms with Crippen LogP contribution in [-0.4, -0.2) is 35.3 Å². The first-order valence-corrected chi connectivity index (χ1v) is 6.38. The molecule has 0 aromatic heterocycles. The molecule has 1 aromatic rings. The van der Waals surface area contributed by atoms with Crippen LogP contribution in [0, 0.1) is 33.3 Å². The van der Waals surface area contributed by atoms with Crippen molar-refractivity contribution in [2.75, 3.05) is 18.0 Å². The average Bonchev–Trinajstić information content (AvgIpc) is 2.91. The zero-order valence-electron chi connectivity index (χ0n) is 11.4. The summed E-state index contributed by atoms with van der Waals surface area (Å²) < 4.78 is 38.9. The third kappa shape index (κ3) is 3.18. The molecule has 1 saturated heterocycles. The molecule has 1 aromatic carbocycles. The molecule has 1 heterocycles. The van der Waals surface area contributed by atoms with Crippen molar-refractivity contribution in [2.24, 2.45) is 11.8 Å². The van der Waals surface area contributed by atoms with Gasteiger partial charge in [-0.2, -0.15) is 18.4 Å². The molecule has 1 N–H and O–H groups in total. The molecule has 0 amide bonds. The van der Waals surface area contributed by atoms with Gasteiger partial charge in [0.15, 0.2) is 0 Å². The van der Waals surface area contributed by atoms with Gasteiger partial charge in [-0.05, 0) is 12.1 Å². The van der Waals surface area contributed by atoms with Crippen molar-refractivity contribution >= 4 is 17.3 Å². The highest BCUT2D eigenvalue weighted by Crippen LogP contribution is 2.41. The number of carbonyl (C=O) groups is 1. The fraction of sp³-hybridized carbons (Fsp3) is 0.385. The van der Waals surface area contributed by atoms with E-state index >= 15 is 0 Å². The number of nitriles is 1. The average molecular weight is 329 g/mol. The van der Waals surface area contributed by atoms with Crippen molar-refractivity contribution in [3.8, 4) is 6.07 Å². The molecule has 1 aliphatic heterocycles. The summed E-state index contributed by atoms with van der Waals surface area (Å²) >= 11 is 0. The Bertz CT molecular complexity index is 699. The minimum absolute atomic E-state index is 0.0122. The van der Waals surface area contributed by atoms with Gasteiger partial charge in [-0.1, -0.05) is 0 Å². The lowest BCUT2D eigenvalue weighted by Crippen LogP contribution is -2.33. The van der Waals surface area contributed by atoms with Crippen LogP contribution in [-0.2, 0) is 4.79 Å². The van der Waals surface area contributed by atoms with Gasteiger partial charge in [-0.25, -0.2) is 0 Å². The monoisotopic (exact) mass is 329 g/mol.